The molecule has 1 aliphatic carbocycles. The quantitative estimate of drug-likeness (QED) is 0.637. The summed E-state index contributed by atoms with van der Waals surface area (Å²) in [5, 5.41) is 0. The van der Waals surface area contributed by atoms with E-state index in [2.05, 4.69) is 4.98 Å². The Morgan fingerprint density at radius 1 is 1.00 bits per heavy atom. The van der Waals surface area contributed by atoms with Gasteiger partial charge in [0.05, 0.1) is 0 Å². The summed E-state index contributed by atoms with van der Waals surface area (Å²) < 4.78 is 39.1. The van der Waals surface area contributed by atoms with Gasteiger partial charge in [-0.05, 0) is 48.3 Å². The van der Waals surface area contributed by atoms with Crippen molar-refractivity contribution in [2.24, 2.45) is 0 Å². The molecule has 2 rings (SSSR count). The van der Waals surface area contributed by atoms with E-state index in [0.29, 0.717) is 17.7 Å². The molecular formula is C16H24F3N. The second-order valence-corrected chi connectivity index (χ2v) is 5.99. The molecule has 0 bridgehead atoms. The molecule has 0 aliphatic heterocycles. The maximum Gasteiger partial charge on any atom is 0.433 e. The lowest BCUT2D eigenvalue weighted by Crippen LogP contribution is -2.22. The third-order valence-electron chi connectivity index (χ3n) is 3.49. The van der Waals surface area contributed by atoms with Gasteiger partial charge in [0.2, 0.25) is 0 Å². The molecule has 1 nitrogen and oxygen atoms in total. The van der Waals surface area contributed by atoms with Gasteiger partial charge in [-0.15, -0.1) is 0 Å². The van der Waals surface area contributed by atoms with Crippen LogP contribution in [0.25, 0.3) is 0 Å². The summed E-state index contributed by atoms with van der Waals surface area (Å²) in [4.78, 5) is 3.87. The Balaban J connectivity index is 0.000000956. The Morgan fingerprint density at radius 3 is 2.00 bits per heavy atom. The number of aryl methyl sites for hydroxylation is 1. The van der Waals surface area contributed by atoms with Crippen LogP contribution >= 0.6 is 0 Å². The minimum atomic E-state index is -4.36. The van der Waals surface area contributed by atoms with E-state index in [9.17, 15) is 13.2 Å². The van der Waals surface area contributed by atoms with Gasteiger partial charge in [0, 0.05) is 5.69 Å². The van der Waals surface area contributed by atoms with Crippen LogP contribution in [0, 0.1) is 6.92 Å². The van der Waals surface area contributed by atoms with Gasteiger partial charge in [0.1, 0.15) is 5.69 Å². The maximum atomic E-state index is 13.0. The lowest BCUT2D eigenvalue weighted by atomic mass is 9.80. The standard InChI is InChI=1S/C14H18F3N.C2H6/c1-8-11(13(2,3)4)9-6-5-7-10(9)18-12(8)14(15,16)17;1-2/h5-7H2,1-4H3;1-2H3. The van der Waals surface area contributed by atoms with Crippen LogP contribution in [0.3, 0.4) is 0 Å². The van der Waals surface area contributed by atoms with Crippen LogP contribution in [0.1, 0.15) is 69.1 Å². The number of hydrogen-bond donors (Lipinski definition) is 0. The highest BCUT2D eigenvalue weighted by Gasteiger charge is 2.39. The van der Waals surface area contributed by atoms with Crippen LogP contribution in [0.2, 0.25) is 0 Å². The second-order valence-electron chi connectivity index (χ2n) is 5.99. The predicted octanol–water partition coefficient (Wildman–Crippen LogP) is 5.22. The first-order valence-electron chi connectivity index (χ1n) is 7.22. The van der Waals surface area contributed by atoms with Crippen LogP contribution in [0.4, 0.5) is 13.2 Å². The molecule has 0 saturated carbocycles. The average Bonchev–Trinajstić information content (AvgIpc) is 2.74. The van der Waals surface area contributed by atoms with Gasteiger partial charge < -0.3 is 0 Å². The first-order valence-corrected chi connectivity index (χ1v) is 7.22. The fourth-order valence-corrected chi connectivity index (χ4v) is 2.98. The van der Waals surface area contributed by atoms with Crippen molar-refractivity contribution in [2.75, 3.05) is 0 Å². The molecule has 1 heterocycles. The highest BCUT2D eigenvalue weighted by Crippen LogP contribution is 2.40. The molecule has 1 aliphatic rings. The Bertz CT molecular complexity index is 482. The van der Waals surface area contributed by atoms with Gasteiger partial charge in [0.25, 0.3) is 0 Å². The van der Waals surface area contributed by atoms with Crippen LogP contribution in [0.5, 0.6) is 0 Å². The lowest BCUT2D eigenvalue weighted by Gasteiger charge is -2.27. The van der Waals surface area contributed by atoms with Crippen molar-refractivity contribution in [1.29, 1.82) is 0 Å². The third kappa shape index (κ3) is 3.15. The van der Waals surface area contributed by atoms with Gasteiger partial charge in [-0.2, -0.15) is 13.2 Å². The molecule has 0 N–H and O–H groups in total. The van der Waals surface area contributed by atoms with E-state index >= 15 is 0 Å². The summed E-state index contributed by atoms with van der Waals surface area (Å²) in [7, 11) is 0. The fourth-order valence-electron chi connectivity index (χ4n) is 2.98. The third-order valence-corrected chi connectivity index (χ3v) is 3.49. The van der Waals surface area contributed by atoms with E-state index < -0.39 is 11.9 Å². The number of halogens is 3. The molecule has 20 heavy (non-hydrogen) atoms. The smallest absolute Gasteiger partial charge is 0.248 e. The zero-order valence-electron chi connectivity index (χ0n) is 13.2. The molecule has 0 aromatic carbocycles. The minimum absolute atomic E-state index is 0.276. The minimum Gasteiger partial charge on any atom is -0.248 e. The van der Waals surface area contributed by atoms with Crippen molar-refractivity contribution in [1.82, 2.24) is 4.98 Å². The Kier molecular flexibility index (Phi) is 4.88. The highest BCUT2D eigenvalue weighted by molar-refractivity contribution is 5.46. The van der Waals surface area contributed by atoms with Gasteiger partial charge in [-0.1, -0.05) is 34.6 Å². The van der Waals surface area contributed by atoms with Crippen LogP contribution in [-0.4, -0.2) is 4.98 Å². The van der Waals surface area contributed by atoms with Gasteiger partial charge in [-0.3, -0.25) is 0 Å². The molecule has 0 fully saturated rings. The van der Waals surface area contributed by atoms with Crippen molar-refractivity contribution < 1.29 is 13.2 Å². The molecule has 114 valence electrons. The molecule has 0 radical (unpaired) electrons. The molecular weight excluding hydrogens is 263 g/mol. The van der Waals surface area contributed by atoms with E-state index in [1.807, 2.05) is 34.6 Å². The Morgan fingerprint density at radius 2 is 1.55 bits per heavy atom. The van der Waals surface area contributed by atoms with Gasteiger partial charge >= 0.3 is 6.18 Å². The number of nitrogens with zero attached hydrogens (tertiary/aromatic N) is 1. The molecule has 4 heteroatoms. The summed E-state index contributed by atoms with van der Waals surface area (Å²) in [6.07, 6.45) is -1.93. The monoisotopic (exact) mass is 287 g/mol. The maximum absolute atomic E-state index is 13.0. The van der Waals surface area contributed by atoms with E-state index in [4.69, 9.17) is 0 Å². The summed E-state index contributed by atoms with van der Waals surface area (Å²) in [6.45, 7) is 11.4. The van der Waals surface area contributed by atoms with Crippen molar-refractivity contribution in [2.45, 2.75) is 72.4 Å². The number of aromatic nitrogens is 1. The van der Waals surface area contributed by atoms with E-state index in [-0.39, 0.29) is 5.41 Å². The van der Waals surface area contributed by atoms with Crippen molar-refractivity contribution in [3.05, 3.63) is 28.1 Å². The number of rotatable bonds is 0. The largest absolute Gasteiger partial charge is 0.433 e. The van der Waals surface area contributed by atoms with Crippen molar-refractivity contribution in [3.63, 3.8) is 0 Å². The number of pyridine rings is 1. The Labute approximate surface area is 119 Å². The zero-order chi connectivity index (χ0) is 15.7. The van der Waals surface area contributed by atoms with Crippen LogP contribution in [0.15, 0.2) is 0 Å². The number of alkyl halides is 3. The second kappa shape index (κ2) is 5.74. The van der Waals surface area contributed by atoms with Gasteiger partial charge in [-0.25, -0.2) is 4.98 Å². The first-order chi connectivity index (χ1) is 9.12. The SMILES string of the molecule is CC.Cc1c(C(F)(F)F)nc2c(c1C(C)(C)C)CCC2. The average molecular weight is 287 g/mol. The van der Waals surface area contributed by atoms with Crippen molar-refractivity contribution in [3.8, 4) is 0 Å². The molecule has 0 atom stereocenters. The van der Waals surface area contributed by atoms with Crippen LogP contribution < -0.4 is 0 Å². The molecule has 1 aromatic heterocycles. The first kappa shape index (κ1) is 17.0. The summed E-state index contributed by atoms with van der Waals surface area (Å²) in [6, 6.07) is 0. The van der Waals surface area contributed by atoms with E-state index in [0.717, 1.165) is 24.0 Å². The number of fused-ring (bicyclic) bond motifs is 1. The fraction of sp³-hybridized carbons (Fsp3) is 0.688. The van der Waals surface area contributed by atoms with Gasteiger partial charge in [0.15, 0.2) is 0 Å². The predicted molar refractivity (Wildman–Crippen MR) is 76.0 cm³/mol. The molecule has 0 spiro atoms. The summed E-state index contributed by atoms with van der Waals surface area (Å²) >= 11 is 0. The van der Waals surface area contributed by atoms with Crippen LogP contribution in [-0.2, 0) is 24.4 Å². The molecule has 0 saturated heterocycles. The zero-order valence-corrected chi connectivity index (χ0v) is 13.2. The molecule has 0 unspecified atom stereocenters. The summed E-state index contributed by atoms with van der Waals surface area (Å²) in [5.41, 5.74) is 1.87. The molecule has 0 amide bonds. The molecule has 1 aromatic rings. The topological polar surface area (TPSA) is 12.9 Å². The van der Waals surface area contributed by atoms with Crippen molar-refractivity contribution >= 4 is 0 Å². The van der Waals surface area contributed by atoms with E-state index in [1.54, 1.807) is 6.92 Å². The Hall–Kier alpha value is -1.06. The van der Waals surface area contributed by atoms with E-state index in [1.165, 1.54) is 0 Å². The summed E-state index contributed by atoms with van der Waals surface area (Å²) in [5.74, 6) is 0. The number of hydrogen-bond acceptors (Lipinski definition) is 1. The highest BCUT2D eigenvalue weighted by atomic mass is 19.4. The lowest BCUT2D eigenvalue weighted by molar-refractivity contribution is -0.141. The normalized spacial score (nSPS) is 14.7.